The molecule has 1 aliphatic heterocycles. The van der Waals surface area contributed by atoms with E-state index >= 15 is 0 Å². The monoisotopic (exact) mass is 654 g/mol. The van der Waals surface area contributed by atoms with E-state index in [4.69, 9.17) is 4.74 Å². The molecule has 2 N–H and O–H groups in total. The number of ether oxygens (including phenoxy) is 1. The summed E-state index contributed by atoms with van der Waals surface area (Å²) in [6, 6.07) is 52.8. The Morgan fingerprint density at radius 1 is 0.708 bits per heavy atom. The summed E-state index contributed by atoms with van der Waals surface area (Å²) in [6.07, 6.45) is 0.922. The minimum atomic E-state index is -0.613. The molecule has 5 aromatic carbocycles. The first-order chi connectivity index (χ1) is 23.3. The van der Waals surface area contributed by atoms with E-state index in [1.807, 2.05) is 44.7 Å². The van der Waals surface area contributed by atoms with E-state index in [2.05, 4.69) is 150 Å². The van der Waals surface area contributed by atoms with Crippen molar-refractivity contribution in [3.63, 3.8) is 0 Å². The minimum absolute atomic E-state index is 0.0712. The average molecular weight is 655 g/mol. The number of carbonyl (C=O) groups is 1. The smallest absolute Gasteiger partial charge is 0.325 e. The molecule has 3 unspecified atom stereocenters. The molecule has 1 aliphatic rings. The molecule has 0 spiro atoms. The predicted molar refractivity (Wildman–Crippen MR) is 199 cm³/mol. The van der Waals surface area contributed by atoms with Gasteiger partial charge in [-0.3, -0.25) is 4.79 Å². The highest BCUT2D eigenvalue weighted by atomic mass is 32.2. The van der Waals surface area contributed by atoms with Crippen LogP contribution in [0.25, 0.3) is 0 Å². The summed E-state index contributed by atoms with van der Waals surface area (Å²) in [4.78, 5) is 14.2. The van der Waals surface area contributed by atoms with Crippen LogP contribution < -0.4 is 10.6 Å². The third-order valence-corrected chi connectivity index (χ3v) is 10.9. The van der Waals surface area contributed by atoms with Crippen molar-refractivity contribution in [2.45, 2.75) is 60.8 Å². The van der Waals surface area contributed by atoms with Gasteiger partial charge in [0.1, 0.15) is 11.6 Å². The maximum Gasteiger partial charge on any atom is 0.325 e. The fraction of sp³-hybridized carbons (Fsp3) is 0.279. The van der Waals surface area contributed by atoms with Gasteiger partial charge in [0.2, 0.25) is 0 Å². The summed E-state index contributed by atoms with van der Waals surface area (Å²) >= 11 is 1.95. The molecule has 0 bridgehead atoms. The second-order valence-corrected chi connectivity index (χ2v) is 15.0. The zero-order chi connectivity index (χ0) is 33.4. The Balaban J connectivity index is 1.39. The van der Waals surface area contributed by atoms with Crippen LogP contribution in [0.3, 0.4) is 0 Å². The van der Waals surface area contributed by atoms with Gasteiger partial charge in [-0.25, -0.2) is 0 Å². The summed E-state index contributed by atoms with van der Waals surface area (Å²) in [5.41, 5.74) is 5.45. The molecular weight excluding hydrogens is 609 g/mol. The molecule has 0 radical (unpaired) electrons. The molecule has 6 rings (SSSR count). The van der Waals surface area contributed by atoms with Gasteiger partial charge in [-0.2, -0.15) is 0 Å². The third kappa shape index (κ3) is 7.76. The molecular formula is C43H46N2O2S. The van der Waals surface area contributed by atoms with Crippen molar-refractivity contribution < 1.29 is 9.53 Å². The number of benzene rings is 5. The van der Waals surface area contributed by atoms with Crippen molar-refractivity contribution in [2.75, 3.05) is 13.1 Å². The lowest BCUT2D eigenvalue weighted by Gasteiger charge is -2.40. The Bertz CT molecular complexity index is 1570. The first-order valence-corrected chi connectivity index (χ1v) is 17.9. The summed E-state index contributed by atoms with van der Waals surface area (Å²) in [7, 11) is 0. The van der Waals surface area contributed by atoms with Crippen molar-refractivity contribution in [3.05, 3.63) is 179 Å². The van der Waals surface area contributed by atoms with Crippen LogP contribution in [0.5, 0.6) is 0 Å². The molecule has 0 amide bonds. The van der Waals surface area contributed by atoms with Crippen LogP contribution in [0.4, 0.5) is 0 Å². The number of nitrogens with one attached hydrogen (secondary N) is 2. The van der Waals surface area contributed by atoms with Crippen LogP contribution in [0, 0.1) is 0 Å². The van der Waals surface area contributed by atoms with Gasteiger partial charge >= 0.3 is 5.97 Å². The Morgan fingerprint density at radius 2 is 1.12 bits per heavy atom. The van der Waals surface area contributed by atoms with Crippen LogP contribution in [0.2, 0.25) is 0 Å². The number of carbonyl (C=O) groups excluding carboxylic acids is 1. The predicted octanol–water partition coefficient (Wildman–Crippen LogP) is 8.57. The van der Waals surface area contributed by atoms with Crippen molar-refractivity contribution in [1.82, 2.24) is 10.6 Å². The first kappa shape index (κ1) is 33.7. The van der Waals surface area contributed by atoms with Gasteiger partial charge in [-0.15, -0.1) is 11.8 Å². The van der Waals surface area contributed by atoms with E-state index < -0.39 is 16.4 Å². The van der Waals surface area contributed by atoms with Gasteiger partial charge in [0.25, 0.3) is 0 Å². The molecule has 1 saturated heterocycles. The maximum atomic E-state index is 14.2. The first-order valence-electron chi connectivity index (χ1n) is 17.0. The van der Waals surface area contributed by atoms with E-state index in [-0.39, 0.29) is 23.2 Å². The van der Waals surface area contributed by atoms with Crippen molar-refractivity contribution >= 4 is 17.7 Å². The Kier molecular flexibility index (Phi) is 10.8. The second-order valence-electron chi connectivity index (χ2n) is 13.5. The summed E-state index contributed by atoms with van der Waals surface area (Å²) in [5, 5.41) is 7.63. The number of esters is 1. The highest BCUT2D eigenvalue weighted by molar-refractivity contribution is 8.01. The van der Waals surface area contributed by atoms with E-state index in [0.29, 0.717) is 6.54 Å². The zero-order valence-corrected chi connectivity index (χ0v) is 28.9. The van der Waals surface area contributed by atoms with Gasteiger partial charge < -0.3 is 15.4 Å². The molecule has 246 valence electrons. The number of thioether (sulfide) groups is 1. The Morgan fingerprint density at radius 3 is 1.54 bits per heavy atom. The van der Waals surface area contributed by atoms with Crippen LogP contribution in [-0.4, -0.2) is 42.0 Å². The number of rotatable bonds is 12. The molecule has 5 heteroatoms. The average Bonchev–Trinajstić information content (AvgIpc) is 3.57. The molecule has 5 aromatic rings. The van der Waals surface area contributed by atoms with E-state index in [1.54, 1.807) is 0 Å². The Labute approximate surface area is 290 Å². The van der Waals surface area contributed by atoms with Gasteiger partial charge in [-0.05, 0) is 61.6 Å². The van der Waals surface area contributed by atoms with E-state index in [1.165, 1.54) is 27.8 Å². The van der Waals surface area contributed by atoms with Gasteiger partial charge in [0.05, 0.1) is 4.75 Å². The molecule has 4 nitrogen and oxygen atoms in total. The fourth-order valence-corrected chi connectivity index (χ4v) is 8.79. The molecule has 3 atom stereocenters. The topological polar surface area (TPSA) is 50.4 Å². The minimum Gasteiger partial charge on any atom is -0.459 e. The lowest BCUT2D eigenvalue weighted by Crippen LogP contribution is -2.56. The number of hydrogen-bond acceptors (Lipinski definition) is 5. The quantitative estimate of drug-likeness (QED) is 0.104. The molecule has 1 heterocycles. The van der Waals surface area contributed by atoms with Crippen LogP contribution >= 0.6 is 11.8 Å². The van der Waals surface area contributed by atoms with Crippen LogP contribution in [-0.2, 0) is 14.3 Å². The Hall–Kier alpha value is -4.16. The molecule has 1 fully saturated rings. The lowest BCUT2D eigenvalue weighted by molar-refractivity contribution is -0.158. The van der Waals surface area contributed by atoms with Gasteiger partial charge in [0, 0.05) is 23.8 Å². The van der Waals surface area contributed by atoms with Crippen LogP contribution in [0.1, 0.15) is 60.9 Å². The molecule has 0 aliphatic carbocycles. The van der Waals surface area contributed by atoms with Crippen molar-refractivity contribution in [1.29, 1.82) is 0 Å². The third-order valence-electron chi connectivity index (χ3n) is 9.04. The standard InChI is InChI=1S/C43H46N2O2S/c1-42(2,3)47-41(46)40(45-31-37(32-19-9-4-10-20-32)33-21-11-5-12-22-33)39-38(29-30-44-39)48-43(34-23-13-6-14-24-34,35-25-15-7-16-26-35)36-27-17-8-18-28-36/h4-28,37-40,44-45H,29-31H2,1-3H3. The van der Waals surface area contributed by atoms with Crippen molar-refractivity contribution in [3.8, 4) is 0 Å². The van der Waals surface area contributed by atoms with Crippen molar-refractivity contribution in [2.24, 2.45) is 0 Å². The fourth-order valence-electron chi connectivity index (χ4n) is 6.88. The van der Waals surface area contributed by atoms with Gasteiger partial charge in [0.15, 0.2) is 0 Å². The van der Waals surface area contributed by atoms with Crippen LogP contribution in [0.15, 0.2) is 152 Å². The second kappa shape index (κ2) is 15.4. The van der Waals surface area contributed by atoms with E-state index in [0.717, 1.165) is 13.0 Å². The SMILES string of the molecule is CC(C)(C)OC(=O)C(NCC(c1ccccc1)c1ccccc1)C1NCCC1SC(c1ccccc1)(c1ccccc1)c1ccccc1. The highest BCUT2D eigenvalue weighted by Crippen LogP contribution is 2.52. The molecule has 48 heavy (non-hydrogen) atoms. The number of hydrogen-bond donors (Lipinski definition) is 2. The summed E-state index contributed by atoms with van der Waals surface area (Å²) < 4.78 is 5.65. The summed E-state index contributed by atoms with van der Waals surface area (Å²) in [5.74, 6) is -0.154. The largest absolute Gasteiger partial charge is 0.459 e. The molecule has 0 saturated carbocycles. The highest BCUT2D eigenvalue weighted by Gasteiger charge is 2.46. The normalized spacial score (nSPS) is 17.2. The van der Waals surface area contributed by atoms with E-state index in [9.17, 15) is 4.79 Å². The van der Waals surface area contributed by atoms with Gasteiger partial charge in [-0.1, -0.05) is 152 Å². The maximum absolute atomic E-state index is 14.2. The summed E-state index contributed by atoms with van der Waals surface area (Å²) in [6.45, 7) is 7.24. The molecule has 0 aromatic heterocycles. The lowest BCUT2D eigenvalue weighted by atomic mass is 9.84. The zero-order valence-electron chi connectivity index (χ0n) is 28.1.